The van der Waals surface area contributed by atoms with E-state index in [0.29, 0.717) is 36.6 Å². The molecule has 1 rings (SSSR count). The normalized spacial score (nSPS) is 9.67. The second-order valence-corrected chi connectivity index (χ2v) is 4.93. The largest absolute Gasteiger partial charge is 0.384 e. The van der Waals surface area contributed by atoms with Gasteiger partial charge in [0.2, 0.25) is 0 Å². The zero-order chi connectivity index (χ0) is 15.7. The fraction of sp³-hybridized carbons (Fsp3) is 0.438. The van der Waals surface area contributed by atoms with E-state index in [4.69, 9.17) is 10.4 Å². The maximum Gasteiger partial charge on any atom is 0.255 e. The Labute approximate surface area is 125 Å². The van der Waals surface area contributed by atoms with Gasteiger partial charge in [-0.3, -0.25) is 9.78 Å². The average molecular weight is 285 g/mol. The van der Waals surface area contributed by atoms with Gasteiger partial charge in [0.05, 0.1) is 23.6 Å². The van der Waals surface area contributed by atoms with Gasteiger partial charge in [0.15, 0.2) is 0 Å². The Bertz CT molecular complexity index is 579. The van der Waals surface area contributed by atoms with Gasteiger partial charge in [-0.2, -0.15) is 5.26 Å². The highest BCUT2D eigenvalue weighted by Gasteiger charge is 2.19. The Kier molecular flexibility index (Phi) is 6.94. The van der Waals surface area contributed by atoms with Crippen LogP contribution >= 0.6 is 0 Å². The van der Waals surface area contributed by atoms with Crippen LogP contribution in [0.1, 0.15) is 36.2 Å². The number of aromatic nitrogens is 1. The number of nitrogens with zero attached hydrogens (tertiary/aromatic N) is 3. The van der Waals surface area contributed by atoms with Crippen LogP contribution in [0.15, 0.2) is 18.5 Å². The van der Waals surface area contributed by atoms with Gasteiger partial charge in [0.1, 0.15) is 6.61 Å². The second kappa shape index (κ2) is 8.73. The molecule has 0 atom stereocenters. The summed E-state index contributed by atoms with van der Waals surface area (Å²) in [6.45, 7) is 4.74. The summed E-state index contributed by atoms with van der Waals surface area (Å²) < 4.78 is 0. The van der Waals surface area contributed by atoms with Gasteiger partial charge in [-0.15, -0.1) is 0 Å². The molecular weight excluding hydrogens is 266 g/mol. The zero-order valence-corrected chi connectivity index (χ0v) is 12.3. The van der Waals surface area contributed by atoms with Crippen LogP contribution in [0.5, 0.6) is 0 Å². The highest BCUT2D eigenvalue weighted by Crippen LogP contribution is 2.12. The van der Waals surface area contributed by atoms with Crippen molar-refractivity contribution in [3.63, 3.8) is 0 Å². The fourth-order valence-electron chi connectivity index (χ4n) is 1.89. The van der Waals surface area contributed by atoms with Crippen molar-refractivity contribution in [2.45, 2.75) is 20.3 Å². The smallest absolute Gasteiger partial charge is 0.255 e. The molecule has 110 valence electrons. The first kappa shape index (κ1) is 16.7. The van der Waals surface area contributed by atoms with Crippen LogP contribution in [0.2, 0.25) is 0 Å². The van der Waals surface area contributed by atoms with E-state index in [1.807, 2.05) is 13.8 Å². The lowest BCUT2D eigenvalue weighted by Crippen LogP contribution is -2.35. The molecule has 0 saturated carbocycles. The van der Waals surface area contributed by atoms with Crippen molar-refractivity contribution in [2.24, 2.45) is 5.92 Å². The Morgan fingerprint density at radius 2 is 2.29 bits per heavy atom. The van der Waals surface area contributed by atoms with Crippen LogP contribution in [-0.4, -0.2) is 40.6 Å². The van der Waals surface area contributed by atoms with E-state index in [0.717, 1.165) is 0 Å². The first-order valence-corrected chi connectivity index (χ1v) is 6.80. The van der Waals surface area contributed by atoms with E-state index < -0.39 is 0 Å². The van der Waals surface area contributed by atoms with Crippen molar-refractivity contribution in [1.29, 1.82) is 5.26 Å². The maximum atomic E-state index is 12.6. The molecule has 1 N–H and O–H groups in total. The molecule has 0 aliphatic rings. The molecule has 1 amide bonds. The minimum absolute atomic E-state index is 0.163. The monoisotopic (exact) mass is 285 g/mol. The van der Waals surface area contributed by atoms with Crippen LogP contribution in [-0.2, 0) is 0 Å². The van der Waals surface area contributed by atoms with Crippen LogP contribution in [0.3, 0.4) is 0 Å². The predicted octanol–water partition coefficient (Wildman–Crippen LogP) is 1.44. The van der Waals surface area contributed by atoms with E-state index >= 15 is 0 Å². The zero-order valence-electron chi connectivity index (χ0n) is 12.3. The molecule has 0 unspecified atom stereocenters. The number of amides is 1. The molecule has 0 saturated heterocycles. The highest BCUT2D eigenvalue weighted by molar-refractivity contribution is 5.96. The number of carbonyl (C=O) groups excluding carboxylic acids is 1. The van der Waals surface area contributed by atoms with Crippen molar-refractivity contribution >= 4 is 5.91 Å². The number of hydrogen-bond donors (Lipinski definition) is 1. The maximum absolute atomic E-state index is 12.6. The van der Waals surface area contributed by atoms with Crippen molar-refractivity contribution in [3.8, 4) is 17.9 Å². The van der Waals surface area contributed by atoms with Crippen LogP contribution in [0.25, 0.3) is 0 Å². The lowest BCUT2D eigenvalue weighted by molar-refractivity contribution is 0.0739. The van der Waals surface area contributed by atoms with E-state index in [9.17, 15) is 4.79 Å². The number of hydrogen-bond acceptors (Lipinski definition) is 4. The van der Waals surface area contributed by atoms with E-state index in [-0.39, 0.29) is 12.5 Å². The average Bonchev–Trinajstić information content (AvgIpc) is 2.48. The van der Waals surface area contributed by atoms with E-state index in [2.05, 4.69) is 22.9 Å². The van der Waals surface area contributed by atoms with Gasteiger partial charge in [-0.05, 0) is 12.0 Å². The molecule has 1 aromatic heterocycles. The van der Waals surface area contributed by atoms with E-state index in [1.54, 1.807) is 11.0 Å². The predicted molar refractivity (Wildman–Crippen MR) is 79.2 cm³/mol. The number of aliphatic hydroxyl groups excluding tert-OH is 1. The fourth-order valence-corrected chi connectivity index (χ4v) is 1.89. The summed E-state index contributed by atoms with van der Waals surface area (Å²) in [4.78, 5) is 18.2. The molecule has 0 aliphatic carbocycles. The third-order valence-corrected chi connectivity index (χ3v) is 2.72. The second-order valence-electron chi connectivity index (χ2n) is 4.93. The molecule has 0 radical (unpaired) electrons. The highest BCUT2D eigenvalue weighted by atomic mass is 16.2. The van der Waals surface area contributed by atoms with Gasteiger partial charge in [-0.1, -0.05) is 25.7 Å². The summed E-state index contributed by atoms with van der Waals surface area (Å²) in [5.74, 6) is 5.40. The van der Waals surface area contributed by atoms with Gasteiger partial charge in [0, 0.05) is 25.5 Å². The lowest BCUT2D eigenvalue weighted by Gasteiger charge is -2.24. The third-order valence-electron chi connectivity index (χ3n) is 2.72. The summed E-state index contributed by atoms with van der Waals surface area (Å²) in [7, 11) is 0. The summed E-state index contributed by atoms with van der Waals surface area (Å²) >= 11 is 0. The van der Waals surface area contributed by atoms with Crippen LogP contribution < -0.4 is 0 Å². The van der Waals surface area contributed by atoms with Gasteiger partial charge >= 0.3 is 0 Å². The van der Waals surface area contributed by atoms with E-state index in [1.165, 1.54) is 12.4 Å². The summed E-state index contributed by atoms with van der Waals surface area (Å²) in [6.07, 6.45) is 3.34. The Morgan fingerprint density at radius 1 is 1.52 bits per heavy atom. The molecule has 5 heteroatoms. The van der Waals surface area contributed by atoms with Crippen molar-refractivity contribution in [3.05, 3.63) is 29.6 Å². The number of rotatable bonds is 5. The standard InChI is InChI=1S/C16H19N3O2/c1-13(2)12-19(9-4-7-17)16(21)15-6-8-18-11-14(15)5-3-10-20/h6,8,11,13,20H,4,9-10,12H2,1-2H3. The molecule has 0 aliphatic heterocycles. The Morgan fingerprint density at radius 3 is 2.90 bits per heavy atom. The molecule has 1 aromatic rings. The minimum atomic E-state index is -0.271. The van der Waals surface area contributed by atoms with Gasteiger partial charge in [0.25, 0.3) is 5.91 Å². The first-order valence-electron chi connectivity index (χ1n) is 6.80. The first-order chi connectivity index (χ1) is 10.1. The molecule has 1 heterocycles. The van der Waals surface area contributed by atoms with Crippen molar-refractivity contribution in [2.75, 3.05) is 19.7 Å². The topological polar surface area (TPSA) is 77.2 Å². The molecular formula is C16H19N3O2. The number of aliphatic hydroxyl groups is 1. The number of carbonyl (C=O) groups is 1. The summed E-state index contributed by atoms with van der Waals surface area (Å²) in [5.41, 5.74) is 0.937. The van der Waals surface area contributed by atoms with Gasteiger partial charge < -0.3 is 10.0 Å². The quantitative estimate of drug-likeness (QED) is 0.830. The molecule has 0 fully saturated rings. The van der Waals surface area contributed by atoms with Gasteiger partial charge in [-0.25, -0.2) is 0 Å². The molecule has 0 aromatic carbocycles. The molecule has 21 heavy (non-hydrogen) atoms. The summed E-state index contributed by atoms with van der Waals surface area (Å²) in [6, 6.07) is 3.67. The van der Waals surface area contributed by atoms with Crippen LogP contribution in [0, 0.1) is 29.1 Å². The molecule has 0 bridgehead atoms. The lowest BCUT2D eigenvalue weighted by atomic mass is 10.1. The molecule has 5 nitrogen and oxygen atoms in total. The van der Waals surface area contributed by atoms with Crippen molar-refractivity contribution < 1.29 is 9.90 Å². The number of nitriles is 1. The summed E-state index contributed by atoms with van der Waals surface area (Å²) in [5, 5.41) is 17.5. The van der Waals surface area contributed by atoms with Crippen LogP contribution in [0.4, 0.5) is 0 Å². The number of pyridine rings is 1. The Balaban J connectivity index is 3.05. The Hall–Kier alpha value is -2.37. The third kappa shape index (κ3) is 5.25. The minimum Gasteiger partial charge on any atom is -0.384 e. The molecule has 0 spiro atoms. The van der Waals surface area contributed by atoms with Crippen molar-refractivity contribution in [1.82, 2.24) is 9.88 Å². The SMILES string of the molecule is CC(C)CN(CCC#N)C(=O)c1ccncc1C#CCO.